The highest BCUT2D eigenvalue weighted by molar-refractivity contribution is 7.90. The van der Waals surface area contributed by atoms with Gasteiger partial charge in [0.05, 0.1) is 4.90 Å². The first kappa shape index (κ1) is 19.1. The van der Waals surface area contributed by atoms with Gasteiger partial charge in [-0.2, -0.15) is 0 Å². The van der Waals surface area contributed by atoms with E-state index in [1.807, 2.05) is 11.4 Å². The Labute approximate surface area is 178 Å². The lowest BCUT2D eigenvalue weighted by molar-refractivity contribution is -0.120. The van der Waals surface area contributed by atoms with Crippen molar-refractivity contribution in [2.45, 2.75) is 36.5 Å². The van der Waals surface area contributed by atoms with Gasteiger partial charge in [0.15, 0.2) is 5.65 Å². The number of thiazole rings is 1. The largest absolute Gasteiger partial charge is 0.300 e. The maximum Gasteiger partial charge on any atom is 0.269 e. The lowest BCUT2D eigenvalue weighted by Gasteiger charge is -2.21. The third-order valence-electron chi connectivity index (χ3n) is 5.61. The van der Waals surface area contributed by atoms with Crippen LogP contribution in [-0.2, 0) is 14.8 Å². The summed E-state index contributed by atoms with van der Waals surface area (Å²) in [5, 5.41) is 3.38. The second-order valence-electron chi connectivity index (χ2n) is 7.45. The van der Waals surface area contributed by atoms with Crippen molar-refractivity contribution >= 4 is 38.2 Å². The molecule has 0 saturated heterocycles. The first-order chi connectivity index (χ1) is 14.5. The topological polar surface area (TPSA) is 81.9 Å². The zero-order valence-corrected chi connectivity index (χ0v) is 17.7. The molecule has 1 aliphatic rings. The Morgan fingerprint density at radius 3 is 2.53 bits per heavy atom. The molecule has 6 nitrogen and oxygen atoms in total. The minimum absolute atomic E-state index is 0.212. The predicted molar refractivity (Wildman–Crippen MR) is 116 cm³/mol. The summed E-state index contributed by atoms with van der Waals surface area (Å²) in [6.45, 7) is 0. The summed E-state index contributed by atoms with van der Waals surface area (Å²) in [7, 11) is -3.79. The molecule has 152 valence electrons. The average molecular weight is 438 g/mol. The summed E-state index contributed by atoms with van der Waals surface area (Å²) < 4.78 is 27.9. The molecule has 8 heteroatoms. The third kappa shape index (κ3) is 3.26. The summed E-state index contributed by atoms with van der Waals surface area (Å²) in [5.41, 5.74) is 2.18. The lowest BCUT2D eigenvalue weighted by atomic mass is 9.84. The maximum atomic E-state index is 13.3. The van der Waals surface area contributed by atoms with Gasteiger partial charge in [0.25, 0.3) is 10.0 Å². The van der Waals surface area contributed by atoms with Crippen molar-refractivity contribution in [2.75, 3.05) is 0 Å². The number of fused-ring (bicyclic) bond motifs is 1. The molecular weight excluding hydrogens is 418 g/mol. The first-order valence-electron chi connectivity index (χ1n) is 9.77. The minimum Gasteiger partial charge on any atom is -0.300 e. The quantitative estimate of drug-likeness (QED) is 0.465. The van der Waals surface area contributed by atoms with Crippen molar-refractivity contribution in [3.63, 3.8) is 0 Å². The number of hydrogen-bond donors (Lipinski definition) is 0. The summed E-state index contributed by atoms with van der Waals surface area (Å²) >= 11 is 1.46. The van der Waals surface area contributed by atoms with Crippen molar-refractivity contribution in [3.8, 4) is 10.6 Å². The zero-order valence-electron chi connectivity index (χ0n) is 16.1. The summed E-state index contributed by atoms with van der Waals surface area (Å²) in [4.78, 5) is 20.8. The number of Topliss-reactive ketones (excluding diaryl/α,β-unsaturated/α-hetero) is 1. The van der Waals surface area contributed by atoms with Gasteiger partial charge in [0, 0.05) is 47.8 Å². The van der Waals surface area contributed by atoms with Crippen LogP contribution in [0.4, 0.5) is 0 Å². The highest BCUT2D eigenvalue weighted by Gasteiger charge is 2.26. The fourth-order valence-electron chi connectivity index (χ4n) is 4.01. The van der Waals surface area contributed by atoms with Gasteiger partial charge in [-0.3, -0.25) is 4.79 Å². The Kier molecular flexibility index (Phi) is 4.75. The molecule has 0 spiro atoms. The van der Waals surface area contributed by atoms with E-state index in [2.05, 4.69) is 9.97 Å². The van der Waals surface area contributed by atoms with Gasteiger partial charge in [0.2, 0.25) is 0 Å². The number of rotatable bonds is 4. The molecule has 0 unspecified atom stereocenters. The van der Waals surface area contributed by atoms with Crippen LogP contribution < -0.4 is 0 Å². The van der Waals surface area contributed by atoms with Crippen LogP contribution in [0.3, 0.4) is 0 Å². The van der Waals surface area contributed by atoms with Crippen LogP contribution in [0.2, 0.25) is 0 Å². The van der Waals surface area contributed by atoms with Crippen LogP contribution in [0.5, 0.6) is 0 Å². The molecule has 4 aromatic rings. The number of aromatic nitrogens is 3. The molecule has 30 heavy (non-hydrogen) atoms. The smallest absolute Gasteiger partial charge is 0.269 e. The van der Waals surface area contributed by atoms with Crippen molar-refractivity contribution < 1.29 is 13.2 Å². The van der Waals surface area contributed by atoms with Gasteiger partial charge in [0.1, 0.15) is 10.8 Å². The van der Waals surface area contributed by atoms with E-state index in [1.165, 1.54) is 15.3 Å². The monoisotopic (exact) mass is 437 g/mol. The Morgan fingerprint density at radius 2 is 1.83 bits per heavy atom. The summed E-state index contributed by atoms with van der Waals surface area (Å²) in [6, 6.07) is 10.4. The predicted octanol–water partition coefficient (Wildman–Crippen LogP) is 4.62. The maximum absolute atomic E-state index is 13.3. The molecule has 0 bridgehead atoms. The number of hydrogen-bond acceptors (Lipinski definition) is 6. The molecule has 0 radical (unpaired) electrons. The van der Waals surface area contributed by atoms with E-state index < -0.39 is 10.0 Å². The summed E-state index contributed by atoms with van der Waals surface area (Å²) in [6.07, 6.45) is 7.87. The van der Waals surface area contributed by atoms with Crippen molar-refractivity contribution in [2.24, 2.45) is 0 Å². The van der Waals surface area contributed by atoms with Crippen LogP contribution in [0, 0.1) is 0 Å². The van der Waals surface area contributed by atoms with Crippen LogP contribution in [0.15, 0.2) is 65.3 Å². The molecule has 5 rings (SSSR count). The number of nitrogens with zero attached hydrogens (tertiary/aromatic N) is 3. The second kappa shape index (κ2) is 7.45. The molecule has 1 saturated carbocycles. The average Bonchev–Trinajstić information content (AvgIpc) is 3.42. The standard InChI is InChI=1S/C22H19N3O3S2/c26-17-8-6-15(7-9-17)16-12-19-20(22-23-10-11-29-22)14-25(21(19)24-13-16)30(27,28)18-4-2-1-3-5-18/h1-5,10-15H,6-9H2. The van der Waals surface area contributed by atoms with Gasteiger partial charge >= 0.3 is 0 Å². The molecule has 0 aliphatic heterocycles. The fourth-order valence-corrected chi connectivity index (χ4v) is 6.02. The van der Waals surface area contributed by atoms with Crippen LogP contribution >= 0.6 is 11.3 Å². The number of pyridine rings is 1. The molecular formula is C22H19N3O3S2. The van der Waals surface area contributed by atoms with E-state index in [-0.39, 0.29) is 10.8 Å². The fraction of sp³-hybridized carbons (Fsp3) is 0.227. The van der Waals surface area contributed by atoms with Gasteiger partial charge in [-0.05, 0) is 42.5 Å². The van der Waals surface area contributed by atoms with Gasteiger partial charge < -0.3 is 0 Å². The van der Waals surface area contributed by atoms with Gasteiger partial charge in [-0.15, -0.1) is 11.3 Å². The van der Waals surface area contributed by atoms with E-state index >= 15 is 0 Å². The van der Waals surface area contributed by atoms with Crippen molar-refractivity contribution in [1.82, 2.24) is 13.9 Å². The van der Waals surface area contributed by atoms with Crippen molar-refractivity contribution in [3.05, 3.63) is 65.9 Å². The zero-order chi connectivity index (χ0) is 20.7. The van der Waals surface area contributed by atoms with Crippen LogP contribution in [-0.4, -0.2) is 28.1 Å². The number of carbonyl (C=O) groups excluding carboxylic acids is 1. The van der Waals surface area contributed by atoms with Gasteiger partial charge in [-0.1, -0.05) is 18.2 Å². The summed E-state index contributed by atoms with van der Waals surface area (Å²) in [5.74, 6) is 0.571. The molecule has 3 heterocycles. The lowest BCUT2D eigenvalue weighted by Crippen LogP contribution is -2.13. The normalized spacial score (nSPS) is 15.7. The van der Waals surface area contributed by atoms with Crippen molar-refractivity contribution in [1.29, 1.82) is 0 Å². The Morgan fingerprint density at radius 1 is 1.07 bits per heavy atom. The molecule has 0 amide bonds. The highest BCUT2D eigenvalue weighted by Crippen LogP contribution is 2.37. The van der Waals surface area contributed by atoms with Crippen LogP contribution in [0.25, 0.3) is 21.6 Å². The SMILES string of the molecule is O=C1CCC(c2cnc3c(c2)c(-c2nccs2)cn3S(=O)(=O)c2ccccc2)CC1. The number of carbonyl (C=O) groups is 1. The Balaban J connectivity index is 1.69. The number of benzene rings is 1. The molecule has 0 atom stereocenters. The molecule has 1 aliphatic carbocycles. The van der Waals surface area contributed by atoms with E-state index in [1.54, 1.807) is 48.9 Å². The van der Waals surface area contributed by atoms with Gasteiger partial charge in [-0.25, -0.2) is 22.4 Å². The highest BCUT2D eigenvalue weighted by atomic mass is 32.2. The first-order valence-corrected chi connectivity index (χ1v) is 12.1. The Hall–Kier alpha value is -2.84. The molecule has 1 fully saturated rings. The third-order valence-corrected chi connectivity index (χ3v) is 8.08. The minimum atomic E-state index is -3.79. The van der Waals surface area contributed by atoms with E-state index in [4.69, 9.17) is 0 Å². The molecule has 3 aromatic heterocycles. The van der Waals surface area contributed by atoms with Crippen LogP contribution in [0.1, 0.15) is 37.2 Å². The second-order valence-corrected chi connectivity index (χ2v) is 10.2. The number of ketones is 1. The molecule has 1 aromatic carbocycles. The van der Waals surface area contributed by atoms with E-state index in [9.17, 15) is 13.2 Å². The molecule has 0 N–H and O–H groups in total. The van der Waals surface area contributed by atoms with E-state index in [0.717, 1.165) is 34.4 Å². The Bertz CT molecular complexity index is 1320. The van der Waals surface area contributed by atoms with E-state index in [0.29, 0.717) is 24.3 Å².